The maximum Gasteiger partial charge on any atom is 0.269 e. The minimum absolute atomic E-state index is 0.00447. The quantitative estimate of drug-likeness (QED) is 0.0324. The summed E-state index contributed by atoms with van der Waals surface area (Å²) < 4.78 is 64.1. The lowest BCUT2D eigenvalue weighted by Crippen LogP contribution is -2.51. The highest BCUT2D eigenvalue weighted by Crippen LogP contribution is 2.66. The number of amides is 2. The van der Waals surface area contributed by atoms with Gasteiger partial charge < -0.3 is 10.2 Å². The molecular formula is C53H67N4O9S2+. The Morgan fingerprint density at radius 2 is 1.53 bits per heavy atom. The van der Waals surface area contributed by atoms with Crippen molar-refractivity contribution in [2.24, 2.45) is 39.7 Å². The summed E-state index contributed by atoms with van der Waals surface area (Å²) in [5.74, 6) is 1.14. The number of Topliss-reactive ketones (excluding diaryl/α,β-unsaturated/α-hetero) is 1. The fourth-order valence-electron chi connectivity index (χ4n) is 12.7. The second kappa shape index (κ2) is 20.2. The number of oxime groups is 1. The number of carbonyl (C=O) groups excluding carboxylic acids is 3. The fraction of sp³-hybridized carbons (Fsp3) is 0.528. The molecule has 3 saturated carbocycles. The number of nitrogens with zero attached hydrogens (tertiary/aromatic N) is 3. The number of aromatic nitrogens is 1. The lowest BCUT2D eigenvalue weighted by molar-refractivity contribution is -0.645. The Hall–Kier alpha value is -4.99. The van der Waals surface area contributed by atoms with Crippen LogP contribution in [0.15, 0.2) is 94.5 Å². The van der Waals surface area contributed by atoms with Gasteiger partial charge in [0.15, 0.2) is 6.54 Å². The van der Waals surface area contributed by atoms with Crippen molar-refractivity contribution in [3.05, 3.63) is 95.6 Å². The van der Waals surface area contributed by atoms with Gasteiger partial charge in [-0.1, -0.05) is 66.5 Å². The molecule has 0 radical (unpaired) electrons. The normalized spacial score (nSPS) is 25.3. The second-order valence-electron chi connectivity index (χ2n) is 20.3. The number of carbonyl (C=O) groups is 3. The summed E-state index contributed by atoms with van der Waals surface area (Å²) in [5.41, 5.74) is 5.03. The molecule has 6 atom stereocenters. The van der Waals surface area contributed by atoms with Crippen molar-refractivity contribution in [2.75, 3.05) is 25.4 Å². The first-order valence-corrected chi connectivity index (χ1v) is 27.6. The third-order valence-corrected chi connectivity index (χ3v) is 18.8. The highest BCUT2D eigenvalue weighted by atomic mass is 32.2. The van der Waals surface area contributed by atoms with E-state index in [2.05, 4.69) is 30.4 Å². The van der Waals surface area contributed by atoms with Crippen LogP contribution in [-0.2, 0) is 41.1 Å². The number of aryl methyl sites for hydroxylation is 2. The molecule has 2 amide bonds. The van der Waals surface area contributed by atoms with Crippen LogP contribution in [0.1, 0.15) is 120 Å². The van der Waals surface area contributed by atoms with Crippen molar-refractivity contribution in [1.82, 2.24) is 9.62 Å². The van der Waals surface area contributed by atoms with Gasteiger partial charge in [-0.2, -0.15) is 13.0 Å². The molecule has 15 heteroatoms. The van der Waals surface area contributed by atoms with Crippen LogP contribution in [0.25, 0.3) is 21.8 Å². The molecule has 0 spiro atoms. The lowest BCUT2D eigenvalue weighted by atomic mass is 9.46. The first-order chi connectivity index (χ1) is 32.4. The van der Waals surface area contributed by atoms with Crippen molar-refractivity contribution in [3.63, 3.8) is 0 Å². The molecule has 1 heterocycles. The van der Waals surface area contributed by atoms with Crippen LogP contribution in [0.4, 0.5) is 0 Å². The molecule has 2 N–H and O–H groups in total. The zero-order valence-corrected chi connectivity index (χ0v) is 41.5. The standard InChI is InChI=1S/C53H66N4O9S2/c1-36-18-21-40(22-19-36)68(64,65)57(51(60)50-42-13-5-7-15-47(42)56(31-12-34-67(61,62)63)48-16-8-6-14-43(48)50)32-11-17-49(59)54-30-9-10-33-66-55-39-26-28-52(3)38(35-39)20-23-41-45-25-24-44(37(2)58)53(45,4)29-27-46(41)52/h5-8,13-16,18-19,21-22,35,41,44-46H,9-12,17,20,23-34H2,1-4H3,(H-,54,59,61,62,63)/p+1/b55-39-/t41-,44+,45-,46-,52-,53+/m0/s1. The van der Waals surface area contributed by atoms with E-state index in [1.165, 1.54) is 37.0 Å². The maximum absolute atomic E-state index is 14.9. The first kappa shape index (κ1) is 49.4. The number of unbranched alkanes of at least 4 members (excludes halogenated alkanes) is 1. The molecule has 3 aromatic carbocycles. The molecular weight excluding hydrogens is 901 g/mol. The first-order valence-electron chi connectivity index (χ1n) is 24.5. The van der Waals surface area contributed by atoms with Crippen LogP contribution < -0.4 is 9.88 Å². The summed E-state index contributed by atoms with van der Waals surface area (Å²) in [6, 6.07) is 20.4. The molecule has 0 aliphatic heterocycles. The van der Waals surface area contributed by atoms with Crippen molar-refractivity contribution >= 4 is 65.3 Å². The van der Waals surface area contributed by atoms with Crippen molar-refractivity contribution in [1.29, 1.82) is 0 Å². The summed E-state index contributed by atoms with van der Waals surface area (Å²) in [7, 11) is -8.59. The van der Waals surface area contributed by atoms with Crippen molar-refractivity contribution in [3.8, 4) is 0 Å². The summed E-state index contributed by atoms with van der Waals surface area (Å²) in [5, 5.41) is 8.42. The van der Waals surface area contributed by atoms with Gasteiger partial charge in [0.1, 0.15) is 12.4 Å². The van der Waals surface area contributed by atoms with Crippen LogP contribution in [0.5, 0.6) is 0 Å². The zero-order valence-electron chi connectivity index (χ0n) is 39.9. The molecule has 3 fully saturated rings. The van der Waals surface area contributed by atoms with Gasteiger partial charge in [-0.3, -0.25) is 18.9 Å². The van der Waals surface area contributed by atoms with Crippen molar-refractivity contribution < 1.29 is 45.2 Å². The van der Waals surface area contributed by atoms with Gasteiger partial charge in [-0.25, -0.2) is 12.7 Å². The van der Waals surface area contributed by atoms with E-state index < -0.39 is 31.8 Å². The van der Waals surface area contributed by atoms with Gasteiger partial charge >= 0.3 is 0 Å². The topological polar surface area (TPSA) is 180 Å². The van der Waals surface area contributed by atoms with Gasteiger partial charge in [0.25, 0.3) is 26.0 Å². The number of para-hydroxylation sites is 2. The summed E-state index contributed by atoms with van der Waals surface area (Å²) in [6.45, 7) is 9.30. The summed E-state index contributed by atoms with van der Waals surface area (Å²) in [4.78, 5) is 46.3. The Bertz CT molecular complexity index is 2810. The van der Waals surface area contributed by atoms with E-state index >= 15 is 0 Å². The molecule has 13 nitrogen and oxygen atoms in total. The van der Waals surface area contributed by atoms with E-state index in [-0.39, 0.29) is 65.5 Å². The highest BCUT2D eigenvalue weighted by Gasteiger charge is 2.59. The number of benzene rings is 3. The van der Waals surface area contributed by atoms with E-state index in [1.807, 2.05) is 11.5 Å². The predicted octanol–water partition coefficient (Wildman–Crippen LogP) is 8.92. The Balaban J connectivity index is 0.865. The molecule has 0 bridgehead atoms. The third kappa shape index (κ3) is 10.0. The monoisotopic (exact) mass is 967 g/mol. The molecule has 0 unspecified atom stereocenters. The predicted molar refractivity (Wildman–Crippen MR) is 263 cm³/mol. The second-order valence-corrected chi connectivity index (χ2v) is 23.7. The Kier molecular flexibility index (Phi) is 14.7. The van der Waals surface area contributed by atoms with Gasteiger partial charge in [-0.05, 0) is 143 Å². The number of fused-ring (bicyclic) bond motifs is 7. The molecule has 4 aliphatic carbocycles. The van der Waals surface area contributed by atoms with E-state index in [1.54, 1.807) is 67.6 Å². The van der Waals surface area contributed by atoms with Gasteiger partial charge in [0.05, 0.1) is 32.7 Å². The van der Waals surface area contributed by atoms with E-state index in [9.17, 15) is 35.8 Å². The molecule has 4 aromatic rings. The minimum Gasteiger partial charge on any atom is -0.396 e. The average Bonchev–Trinajstić information content (AvgIpc) is 3.67. The fourth-order valence-corrected chi connectivity index (χ4v) is 14.6. The maximum atomic E-state index is 14.9. The van der Waals surface area contributed by atoms with Crippen LogP contribution in [0, 0.1) is 41.4 Å². The van der Waals surface area contributed by atoms with Crippen LogP contribution in [-0.4, -0.2) is 74.5 Å². The zero-order chi connectivity index (χ0) is 48.4. The number of pyridine rings is 1. The largest absolute Gasteiger partial charge is 0.396 e. The van der Waals surface area contributed by atoms with Gasteiger partial charge in [0.2, 0.25) is 16.9 Å². The number of hydrogen-bond acceptors (Lipinski definition) is 9. The summed E-state index contributed by atoms with van der Waals surface area (Å²) >= 11 is 0. The van der Waals surface area contributed by atoms with Crippen LogP contribution in [0.3, 0.4) is 0 Å². The lowest BCUT2D eigenvalue weighted by Gasteiger charge is -2.58. The van der Waals surface area contributed by atoms with E-state index in [0.717, 1.165) is 47.7 Å². The Morgan fingerprint density at radius 3 is 2.21 bits per heavy atom. The molecule has 4 aliphatic rings. The van der Waals surface area contributed by atoms with Crippen LogP contribution in [0.2, 0.25) is 0 Å². The molecule has 8 rings (SSSR count). The highest BCUT2D eigenvalue weighted by molar-refractivity contribution is 7.89. The number of hydrogen-bond donors (Lipinski definition) is 2. The molecule has 0 saturated heterocycles. The third-order valence-electron chi connectivity index (χ3n) is 16.2. The van der Waals surface area contributed by atoms with E-state index in [0.29, 0.717) is 71.3 Å². The Labute approximate surface area is 401 Å². The number of allylic oxidation sites excluding steroid dienone is 2. The number of sulfonamides is 1. The average molecular weight is 968 g/mol. The molecule has 68 heavy (non-hydrogen) atoms. The van der Waals surface area contributed by atoms with E-state index in [4.69, 9.17) is 4.84 Å². The number of ketones is 1. The number of rotatable bonds is 18. The SMILES string of the molecule is CC(=O)[C@H]1CC[C@H]2[C@@H]3CCC4=C/C(=N\OCCCCNC(=O)CCCN(C(=O)c5c6ccccc6[n+](CCCS(=O)(=O)O)c6ccccc56)S(=O)(=O)c5ccc(C)cc5)CC[C@]4(C)[C@H]3CC[C@]12C. The van der Waals surface area contributed by atoms with Gasteiger partial charge in [0, 0.05) is 44.0 Å². The smallest absolute Gasteiger partial charge is 0.269 e. The van der Waals surface area contributed by atoms with Crippen molar-refractivity contribution in [2.45, 2.75) is 123 Å². The Morgan fingerprint density at radius 1 is 0.838 bits per heavy atom. The number of nitrogens with one attached hydrogen (secondary N) is 1. The molecule has 1 aromatic heterocycles. The molecule has 364 valence electrons. The summed E-state index contributed by atoms with van der Waals surface area (Å²) in [6.07, 6.45) is 12.6. The van der Waals surface area contributed by atoms with Crippen LogP contribution >= 0.6 is 0 Å². The van der Waals surface area contributed by atoms with Gasteiger partial charge in [-0.15, -0.1) is 0 Å². The minimum atomic E-state index is -4.39.